The zero-order chi connectivity index (χ0) is 12.8. The lowest BCUT2D eigenvalue weighted by molar-refractivity contribution is 0.0521. The number of nitrogens with zero attached hydrogens (tertiary/aromatic N) is 2. The summed E-state index contributed by atoms with van der Waals surface area (Å²) in [7, 11) is 1.65. The van der Waals surface area contributed by atoms with Crippen molar-refractivity contribution in [3.63, 3.8) is 0 Å². The quantitative estimate of drug-likeness (QED) is 0.749. The number of nitrogens with two attached hydrogens (primary N) is 1. The molecule has 0 radical (unpaired) electrons. The average Bonchev–Trinajstić information content (AvgIpc) is 2.61. The van der Waals surface area contributed by atoms with E-state index in [9.17, 15) is 4.79 Å². The minimum absolute atomic E-state index is 0.177. The van der Waals surface area contributed by atoms with E-state index in [1.54, 1.807) is 24.9 Å². The highest BCUT2D eigenvalue weighted by molar-refractivity contribution is 5.92. The molecule has 1 rings (SSSR count). The minimum Gasteiger partial charge on any atom is -0.461 e. The number of anilines is 1. The van der Waals surface area contributed by atoms with E-state index in [-0.39, 0.29) is 5.69 Å². The van der Waals surface area contributed by atoms with Crippen LogP contribution in [0, 0.1) is 5.92 Å². The third kappa shape index (κ3) is 3.45. The normalized spacial score (nSPS) is 12.4. The van der Waals surface area contributed by atoms with Crippen molar-refractivity contribution in [2.45, 2.75) is 20.4 Å². The molecule has 2 N–H and O–H groups in total. The van der Waals surface area contributed by atoms with Crippen molar-refractivity contribution in [2.24, 2.45) is 5.92 Å². The smallest absolute Gasteiger partial charge is 0.360 e. The van der Waals surface area contributed by atoms with Crippen molar-refractivity contribution in [1.29, 1.82) is 0 Å². The first-order valence-corrected chi connectivity index (χ1v) is 5.56. The van der Waals surface area contributed by atoms with E-state index >= 15 is 0 Å². The number of methoxy groups -OCH3 is 1. The van der Waals surface area contributed by atoms with E-state index in [2.05, 4.69) is 4.98 Å². The third-order valence-electron chi connectivity index (χ3n) is 2.31. The Bertz CT molecular complexity index is 376. The van der Waals surface area contributed by atoms with Gasteiger partial charge in [-0.2, -0.15) is 0 Å². The molecular formula is C11H19N3O3. The first-order valence-electron chi connectivity index (χ1n) is 5.56. The third-order valence-corrected chi connectivity index (χ3v) is 2.31. The summed E-state index contributed by atoms with van der Waals surface area (Å²) in [6.45, 7) is 5.38. The molecule has 1 aromatic heterocycles. The number of hydrogen-bond acceptors (Lipinski definition) is 5. The Morgan fingerprint density at radius 2 is 2.35 bits per heavy atom. The van der Waals surface area contributed by atoms with Gasteiger partial charge in [0, 0.05) is 13.7 Å². The summed E-state index contributed by atoms with van der Waals surface area (Å²) in [6, 6.07) is 0. The molecule has 0 aromatic carbocycles. The fourth-order valence-electron chi connectivity index (χ4n) is 1.57. The van der Waals surface area contributed by atoms with E-state index in [0.29, 0.717) is 31.5 Å². The molecule has 1 heterocycles. The monoisotopic (exact) mass is 241 g/mol. The minimum atomic E-state index is -0.483. The number of ether oxygens (including phenoxy) is 2. The van der Waals surface area contributed by atoms with E-state index in [1.165, 1.54) is 0 Å². The molecule has 6 heteroatoms. The second kappa shape index (κ2) is 6.24. The fourth-order valence-corrected chi connectivity index (χ4v) is 1.57. The van der Waals surface area contributed by atoms with Gasteiger partial charge >= 0.3 is 5.97 Å². The zero-order valence-electron chi connectivity index (χ0n) is 10.5. The molecule has 1 atom stereocenters. The maximum Gasteiger partial charge on any atom is 0.360 e. The molecule has 6 nitrogen and oxygen atoms in total. The molecule has 0 aliphatic rings. The number of nitrogen functional groups attached to an aromatic ring is 1. The van der Waals surface area contributed by atoms with Gasteiger partial charge in [-0.1, -0.05) is 6.92 Å². The van der Waals surface area contributed by atoms with Crippen LogP contribution in [0.25, 0.3) is 0 Å². The van der Waals surface area contributed by atoms with Gasteiger partial charge in [-0.05, 0) is 12.8 Å². The van der Waals surface area contributed by atoms with Gasteiger partial charge in [0.25, 0.3) is 0 Å². The van der Waals surface area contributed by atoms with Gasteiger partial charge < -0.3 is 19.8 Å². The highest BCUT2D eigenvalue weighted by atomic mass is 16.5. The number of aromatic nitrogens is 2. The molecule has 0 aliphatic heterocycles. The summed E-state index contributed by atoms with van der Waals surface area (Å²) in [5, 5.41) is 0. The highest BCUT2D eigenvalue weighted by Crippen LogP contribution is 2.13. The molecule has 17 heavy (non-hydrogen) atoms. The molecule has 0 fully saturated rings. The molecular weight excluding hydrogens is 222 g/mol. The lowest BCUT2D eigenvalue weighted by Gasteiger charge is -2.12. The van der Waals surface area contributed by atoms with Crippen LogP contribution >= 0.6 is 0 Å². The SMILES string of the molecule is CCOC(=O)c1ncn(CC(C)COC)c1N. The van der Waals surface area contributed by atoms with Gasteiger partial charge in [0.05, 0.1) is 19.5 Å². The van der Waals surface area contributed by atoms with Crippen molar-refractivity contribution >= 4 is 11.8 Å². The summed E-state index contributed by atoms with van der Waals surface area (Å²) >= 11 is 0. The molecule has 0 aliphatic carbocycles. The van der Waals surface area contributed by atoms with Crippen molar-refractivity contribution < 1.29 is 14.3 Å². The van der Waals surface area contributed by atoms with Crippen molar-refractivity contribution in [2.75, 3.05) is 26.1 Å². The summed E-state index contributed by atoms with van der Waals surface area (Å²) in [5.41, 5.74) is 6.02. The number of esters is 1. The largest absolute Gasteiger partial charge is 0.461 e. The predicted octanol–water partition coefficient (Wildman–Crippen LogP) is 0.924. The standard InChI is InChI=1S/C11H19N3O3/c1-4-17-11(15)9-10(12)14(7-13-9)5-8(2)6-16-3/h7-8H,4-6,12H2,1-3H3. The maximum absolute atomic E-state index is 11.5. The van der Waals surface area contributed by atoms with Crippen molar-refractivity contribution in [3.05, 3.63) is 12.0 Å². The number of carbonyl (C=O) groups is 1. The van der Waals surface area contributed by atoms with Crippen molar-refractivity contribution in [3.8, 4) is 0 Å². The molecule has 96 valence electrons. The summed E-state index contributed by atoms with van der Waals surface area (Å²) in [4.78, 5) is 15.5. The van der Waals surface area contributed by atoms with Crippen LogP contribution < -0.4 is 5.73 Å². The number of carbonyl (C=O) groups excluding carboxylic acids is 1. The zero-order valence-corrected chi connectivity index (χ0v) is 10.5. The Morgan fingerprint density at radius 3 is 2.94 bits per heavy atom. The average molecular weight is 241 g/mol. The number of hydrogen-bond donors (Lipinski definition) is 1. The van der Waals surface area contributed by atoms with Crippen LogP contribution in [-0.2, 0) is 16.0 Å². The first-order chi connectivity index (χ1) is 8.10. The molecule has 1 unspecified atom stereocenters. The van der Waals surface area contributed by atoms with Gasteiger partial charge in [0.2, 0.25) is 0 Å². The van der Waals surface area contributed by atoms with Gasteiger partial charge in [-0.25, -0.2) is 9.78 Å². The van der Waals surface area contributed by atoms with Crippen LogP contribution in [0.2, 0.25) is 0 Å². The molecule has 0 saturated carbocycles. The maximum atomic E-state index is 11.5. The predicted molar refractivity (Wildman–Crippen MR) is 63.6 cm³/mol. The Morgan fingerprint density at radius 1 is 1.65 bits per heavy atom. The Kier molecular flexibility index (Phi) is 4.96. The second-order valence-corrected chi connectivity index (χ2v) is 3.91. The van der Waals surface area contributed by atoms with Crippen LogP contribution in [-0.4, -0.2) is 35.8 Å². The molecule has 0 amide bonds. The topological polar surface area (TPSA) is 79.4 Å². The van der Waals surface area contributed by atoms with Gasteiger partial charge in [0.15, 0.2) is 5.69 Å². The van der Waals surface area contributed by atoms with Gasteiger partial charge in [-0.15, -0.1) is 0 Å². The Hall–Kier alpha value is -1.56. The summed E-state index contributed by atoms with van der Waals surface area (Å²) in [5.74, 6) is 0.154. The lowest BCUT2D eigenvalue weighted by atomic mass is 10.2. The van der Waals surface area contributed by atoms with Crippen LogP contribution in [0.3, 0.4) is 0 Å². The van der Waals surface area contributed by atoms with Crippen LogP contribution in [0.4, 0.5) is 5.82 Å². The lowest BCUT2D eigenvalue weighted by Crippen LogP contribution is -2.15. The van der Waals surface area contributed by atoms with E-state index in [4.69, 9.17) is 15.2 Å². The Labute approximate surface area is 101 Å². The molecule has 0 spiro atoms. The van der Waals surface area contributed by atoms with Crippen LogP contribution in [0.5, 0.6) is 0 Å². The van der Waals surface area contributed by atoms with E-state index in [0.717, 1.165) is 0 Å². The molecule has 0 bridgehead atoms. The van der Waals surface area contributed by atoms with E-state index < -0.39 is 5.97 Å². The number of imidazole rings is 1. The summed E-state index contributed by atoms with van der Waals surface area (Å²) < 4.78 is 11.6. The van der Waals surface area contributed by atoms with Gasteiger partial charge in [-0.3, -0.25) is 0 Å². The Balaban J connectivity index is 2.73. The summed E-state index contributed by atoms with van der Waals surface area (Å²) in [6.07, 6.45) is 1.55. The molecule has 0 saturated heterocycles. The molecule has 1 aromatic rings. The number of rotatable bonds is 6. The van der Waals surface area contributed by atoms with Crippen molar-refractivity contribution in [1.82, 2.24) is 9.55 Å². The van der Waals surface area contributed by atoms with Crippen LogP contribution in [0.1, 0.15) is 24.3 Å². The second-order valence-electron chi connectivity index (χ2n) is 3.91. The highest BCUT2D eigenvalue weighted by Gasteiger charge is 2.17. The fraction of sp³-hybridized carbons (Fsp3) is 0.636. The van der Waals surface area contributed by atoms with E-state index in [1.807, 2.05) is 6.92 Å². The first kappa shape index (κ1) is 13.5. The van der Waals surface area contributed by atoms with Crippen LogP contribution in [0.15, 0.2) is 6.33 Å². The van der Waals surface area contributed by atoms with Gasteiger partial charge in [0.1, 0.15) is 5.82 Å².